The normalized spacial score (nSPS) is 26.0. The third kappa shape index (κ3) is 4.55. The molecule has 2 unspecified atom stereocenters. The lowest BCUT2D eigenvalue weighted by atomic mass is 10.0. The summed E-state index contributed by atoms with van der Waals surface area (Å²) >= 11 is 0. The van der Waals surface area contributed by atoms with Crippen molar-refractivity contribution >= 4 is 5.91 Å². The van der Waals surface area contributed by atoms with Gasteiger partial charge in [0, 0.05) is 25.6 Å². The first kappa shape index (κ1) is 15.5. The number of carbonyl (C=O) groups excluding carboxylic acids is 1. The second-order valence-electron chi connectivity index (χ2n) is 6.69. The molecular weight excluding hydrogens is 274 g/mol. The molecule has 0 aliphatic carbocycles. The standard InChI is InChI=1S/C18H27N3O/c22-18(11-16-8-9-19-12-16)20-17-7-4-10-21(14-17)13-15-5-2-1-3-6-15/h1-3,5-6,16-17,19H,4,7-14H2,(H,20,22). The van der Waals surface area contributed by atoms with Gasteiger partial charge >= 0.3 is 0 Å². The Kier molecular flexibility index (Phi) is 5.46. The Balaban J connectivity index is 1.44. The fourth-order valence-electron chi connectivity index (χ4n) is 3.60. The fraction of sp³-hybridized carbons (Fsp3) is 0.611. The van der Waals surface area contributed by atoms with E-state index < -0.39 is 0 Å². The van der Waals surface area contributed by atoms with Crippen molar-refractivity contribution in [3.05, 3.63) is 35.9 Å². The van der Waals surface area contributed by atoms with E-state index in [1.54, 1.807) is 0 Å². The average molecular weight is 301 g/mol. The number of likely N-dealkylation sites (tertiary alicyclic amines) is 1. The van der Waals surface area contributed by atoms with Gasteiger partial charge in [-0.3, -0.25) is 9.69 Å². The van der Waals surface area contributed by atoms with Gasteiger partial charge in [-0.05, 0) is 50.4 Å². The summed E-state index contributed by atoms with van der Waals surface area (Å²) in [5.41, 5.74) is 1.35. The molecule has 1 amide bonds. The molecule has 2 saturated heterocycles. The zero-order valence-electron chi connectivity index (χ0n) is 13.3. The molecule has 0 radical (unpaired) electrons. The molecule has 0 aromatic heterocycles. The van der Waals surface area contributed by atoms with E-state index in [1.165, 1.54) is 12.0 Å². The van der Waals surface area contributed by atoms with Crippen LogP contribution in [0.3, 0.4) is 0 Å². The predicted molar refractivity (Wildman–Crippen MR) is 88.5 cm³/mol. The lowest BCUT2D eigenvalue weighted by Crippen LogP contribution is -2.47. The molecule has 4 nitrogen and oxygen atoms in total. The van der Waals surface area contributed by atoms with Gasteiger partial charge in [0.25, 0.3) is 0 Å². The summed E-state index contributed by atoms with van der Waals surface area (Å²) in [5.74, 6) is 0.768. The summed E-state index contributed by atoms with van der Waals surface area (Å²) in [5, 5.41) is 6.58. The second kappa shape index (κ2) is 7.75. The molecule has 1 aromatic rings. The van der Waals surface area contributed by atoms with Gasteiger partial charge in [0.2, 0.25) is 5.91 Å². The number of benzene rings is 1. The fourth-order valence-corrected chi connectivity index (χ4v) is 3.60. The number of piperidine rings is 1. The summed E-state index contributed by atoms with van der Waals surface area (Å²) in [7, 11) is 0. The summed E-state index contributed by atoms with van der Waals surface area (Å²) in [6.07, 6.45) is 4.10. The van der Waals surface area contributed by atoms with Crippen molar-refractivity contribution in [3.8, 4) is 0 Å². The molecule has 0 bridgehead atoms. The van der Waals surface area contributed by atoms with Crippen LogP contribution in [0.25, 0.3) is 0 Å². The van der Waals surface area contributed by atoms with Gasteiger partial charge in [-0.25, -0.2) is 0 Å². The molecule has 2 fully saturated rings. The van der Waals surface area contributed by atoms with Crippen molar-refractivity contribution in [3.63, 3.8) is 0 Å². The highest BCUT2D eigenvalue weighted by atomic mass is 16.1. The van der Waals surface area contributed by atoms with Crippen LogP contribution < -0.4 is 10.6 Å². The van der Waals surface area contributed by atoms with Crippen LogP contribution in [0.2, 0.25) is 0 Å². The molecule has 2 heterocycles. The Morgan fingerprint density at radius 1 is 1.27 bits per heavy atom. The first-order valence-corrected chi connectivity index (χ1v) is 8.56. The van der Waals surface area contributed by atoms with Crippen molar-refractivity contribution < 1.29 is 4.79 Å². The Hall–Kier alpha value is -1.39. The van der Waals surface area contributed by atoms with Crippen LogP contribution in [0.5, 0.6) is 0 Å². The number of rotatable bonds is 5. The minimum absolute atomic E-state index is 0.236. The van der Waals surface area contributed by atoms with Crippen molar-refractivity contribution in [2.24, 2.45) is 5.92 Å². The number of carbonyl (C=O) groups is 1. The highest BCUT2D eigenvalue weighted by Crippen LogP contribution is 2.15. The van der Waals surface area contributed by atoms with E-state index in [1.807, 2.05) is 0 Å². The average Bonchev–Trinajstić information content (AvgIpc) is 3.01. The Morgan fingerprint density at radius 2 is 2.14 bits per heavy atom. The maximum absolute atomic E-state index is 12.2. The van der Waals surface area contributed by atoms with Crippen molar-refractivity contribution in [2.45, 2.75) is 38.3 Å². The van der Waals surface area contributed by atoms with E-state index in [0.29, 0.717) is 18.4 Å². The molecule has 1 aromatic carbocycles. The zero-order valence-corrected chi connectivity index (χ0v) is 13.3. The number of hydrogen-bond donors (Lipinski definition) is 2. The summed E-state index contributed by atoms with van der Waals surface area (Å²) in [4.78, 5) is 14.6. The second-order valence-corrected chi connectivity index (χ2v) is 6.69. The number of nitrogens with one attached hydrogen (secondary N) is 2. The molecule has 120 valence electrons. The molecular formula is C18H27N3O. The summed E-state index contributed by atoms with van der Waals surface area (Å²) in [6.45, 7) is 5.15. The molecule has 4 heteroatoms. The van der Waals surface area contributed by atoms with Gasteiger partial charge in [-0.15, -0.1) is 0 Å². The first-order chi connectivity index (χ1) is 10.8. The van der Waals surface area contributed by atoms with Crippen molar-refractivity contribution in [1.82, 2.24) is 15.5 Å². The molecule has 2 aliphatic heterocycles. The van der Waals surface area contributed by atoms with Crippen LogP contribution in [-0.2, 0) is 11.3 Å². The van der Waals surface area contributed by atoms with Gasteiger partial charge in [0.05, 0.1) is 0 Å². The molecule has 0 spiro atoms. The lowest BCUT2D eigenvalue weighted by Gasteiger charge is -2.33. The van der Waals surface area contributed by atoms with Crippen LogP contribution in [0.15, 0.2) is 30.3 Å². The molecule has 22 heavy (non-hydrogen) atoms. The lowest BCUT2D eigenvalue weighted by molar-refractivity contribution is -0.123. The van der Waals surface area contributed by atoms with E-state index in [9.17, 15) is 4.79 Å². The topological polar surface area (TPSA) is 44.4 Å². The molecule has 2 atom stereocenters. The van der Waals surface area contributed by atoms with Gasteiger partial charge in [-0.2, -0.15) is 0 Å². The van der Waals surface area contributed by atoms with E-state index in [0.717, 1.165) is 45.6 Å². The highest BCUT2D eigenvalue weighted by Gasteiger charge is 2.23. The molecule has 2 N–H and O–H groups in total. The van der Waals surface area contributed by atoms with Crippen LogP contribution in [-0.4, -0.2) is 43.0 Å². The van der Waals surface area contributed by atoms with Gasteiger partial charge < -0.3 is 10.6 Å². The quantitative estimate of drug-likeness (QED) is 0.871. The van der Waals surface area contributed by atoms with E-state index >= 15 is 0 Å². The summed E-state index contributed by atoms with van der Waals surface area (Å²) < 4.78 is 0. The zero-order chi connectivity index (χ0) is 15.2. The largest absolute Gasteiger partial charge is 0.352 e. The SMILES string of the molecule is O=C(CC1CCNC1)NC1CCCN(Cc2ccccc2)C1. The Bertz CT molecular complexity index is 470. The van der Waals surface area contributed by atoms with Crippen molar-refractivity contribution in [2.75, 3.05) is 26.2 Å². The Labute approximate surface area is 133 Å². The first-order valence-electron chi connectivity index (χ1n) is 8.56. The number of amides is 1. The smallest absolute Gasteiger partial charge is 0.220 e. The maximum Gasteiger partial charge on any atom is 0.220 e. The predicted octanol–water partition coefficient (Wildman–Crippen LogP) is 1.77. The monoisotopic (exact) mass is 301 g/mol. The Morgan fingerprint density at radius 3 is 2.91 bits per heavy atom. The van der Waals surface area contributed by atoms with Gasteiger partial charge in [-0.1, -0.05) is 30.3 Å². The third-order valence-electron chi connectivity index (χ3n) is 4.76. The molecule has 3 rings (SSSR count). The molecule has 2 aliphatic rings. The van der Waals surface area contributed by atoms with E-state index in [2.05, 4.69) is 45.9 Å². The van der Waals surface area contributed by atoms with Crippen LogP contribution in [0.1, 0.15) is 31.2 Å². The van der Waals surface area contributed by atoms with Crippen LogP contribution in [0, 0.1) is 5.92 Å². The minimum Gasteiger partial charge on any atom is -0.352 e. The minimum atomic E-state index is 0.236. The third-order valence-corrected chi connectivity index (χ3v) is 4.76. The van der Waals surface area contributed by atoms with Gasteiger partial charge in [0.15, 0.2) is 0 Å². The van der Waals surface area contributed by atoms with Crippen LogP contribution in [0.4, 0.5) is 0 Å². The van der Waals surface area contributed by atoms with Crippen molar-refractivity contribution in [1.29, 1.82) is 0 Å². The maximum atomic E-state index is 12.2. The molecule has 0 saturated carbocycles. The van der Waals surface area contributed by atoms with E-state index in [4.69, 9.17) is 0 Å². The number of hydrogen-bond acceptors (Lipinski definition) is 3. The van der Waals surface area contributed by atoms with Crippen LogP contribution >= 0.6 is 0 Å². The van der Waals surface area contributed by atoms with Gasteiger partial charge in [0.1, 0.15) is 0 Å². The highest BCUT2D eigenvalue weighted by molar-refractivity contribution is 5.76. The summed E-state index contributed by atoms with van der Waals surface area (Å²) in [6, 6.07) is 10.9. The number of nitrogens with zero attached hydrogens (tertiary/aromatic N) is 1. The van der Waals surface area contributed by atoms with E-state index in [-0.39, 0.29) is 5.91 Å².